The predicted octanol–water partition coefficient (Wildman–Crippen LogP) is 3.98. The number of nitrogens with zero attached hydrogens (tertiary/aromatic N) is 3. The van der Waals surface area contributed by atoms with Crippen molar-refractivity contribution in [3.05, 3.63) is 65.4 Å². The maximum absolute atomic E-state index is 13.6. The van der Waals surface area contributed by atoms with E-state index in [1.807, 2.05) is 47.5 Å². The average molecular weight is 516 g/mol. The van der Waals surface area contributed by atoms with Crippen LogP contribution in [0.4, 0.5) is 5.82 Å². The van der Waals surface area contributed by atoms with Gasteiger partial charge in [0.25, 0.3) is 5.91 Å². The molecule has 0 bridgehead atoms. The number of benzene rings is 2. The third kappa shape index (κ3) is 5.28. The van der Waals surface area contributed by atoms with Gasteiger partial charge in [0.15, 0.2) is 0 Å². The molecule has 2 N–H and O–H groups in total. The zero-order valence-electron chi connectivity index (χ0n) is 22.7. The third-order valence-electron chi connectivity index (χ3n) is 7.42. The fourth-order valence-corrected chi connectivity index (χ4v) is 5.18. The Balaban J connectivity index is 1.40. The highest BCUT2D eigenvalue weighted by Crippen LogP contribution is 2.39. The molecule has 3 heterocycles. The zero-order chi connectivity index (χ0) is 26.6. The second-order valence-electron chi connectivity index (χ2n) is 10.1. The van der Waals surface area contributed by atoms with Gasteiger partial charge in [-0.1, -0.05) is 24.3 Å². The van der Waals surface area contributed by atoms with Crippen molar-refractivity contribution in [2.45, 2.75) is 0 Å². The molecule has 0 atom stereocenters. The molecule has 200 valence electrons. The quantitative estimate of drug-likeness (QED) is 0.473. The monoisotopic (exact) mass is 515 g/mol. The zero-order valence-corrected chi connectivity index (χ0v) is 22.7. The molecule has 2 aliphatic rings. The summed E-state index contributed by atoms with van der Waals surface area (Å²) >= 11 is 0. The number of H-pyrrole nitrogens is 1. The number of amides is 1. The second-order valence-corrected chi connectivity index (χ2v) is 10.1. The Morgan fingerprint density at radius 3 is 2.47 bits per heavy atom. The molecule has 0 spiro atoms. The summed E-state index contributed by atoms with van der Waals surface area (Å²) in [5, 5.41) is 3.50. The van der Waals surface area contributed by atoms with Crippen LogP contribution in [0.1, 0.15) is 21.5 Å². The SMILES string of the molecule is COc1ccc(C2=Cc3c(-c4ccccc4OC)c[nH]c3NC2)cc1C(=O)N1CCN(CCN(C)C)CC1. The number of carbonyl (C=O) groups excluding carboxylic acids is 1. The second kappa shape index (κ2) is 11.3. The van der Waals surface area contributed by atoms with E-state index >= 15 is 0 Å². The molecule has 2 aliphatic heterocycles. The van der Waals surface area contributed by atoms with E-state index in [-0.39, 0.29) is 5.91 Å². The van der Waals surface area contributed by atoms with Gasteiger partial charge in [0.2, 0.25) is 0 Å². The van der Waals surface area contributed by atoms with Crippen LogP contribution in [0.25, 0.3) is 22.8 Å². The summed E-state index contributed by atoms with van der Waals surface area (Å²) in [6.45, 7) is 5.92. The fraction of sp³-hybridized carbons (Fsp3) is 0.367. The Bertz CT molecular complexity index is 1320. The molecule has 1 amide bonds. The van der Waals surface area contributed by atoms with E-state index in [0.717, 1.165) is 78.7 Å². The molecular weight excluding hydrogens is 478 g/mol. The average Bonchev–Trinajstić information content (AvgIpc) is 3.38. The molecule has 3 aromatic rings. The first-order valence-electron chi connectivity index (χ1n) is 13.1. The Morgan fingerprint density at radius 2 is 1.74 bits per heavy atom. The van der Waals surface area contributed by atoms with Crippen LogP contribution in [0.3, 0.4) is 0 Å². The van der Waals surface area contributed by atoms with Gasteiger partial charge in [0.05, 0.1) is 19.8 Å². The first-order chi connectivity index (χ1) is 18.5. The van der Waals surface area contributed by atoms with Crippen molar-refractivity contribution in [2.24, 2.45) is 0 Å². The van der Waals surface area contributed by atoms with Gasteiger partial charge in [-0.2, -0.15) is 0 Å². The Kier molecular flexibility index (Phi) is 7.72. The van der Waals surface area contributed by atoms with Crippen LogP contribution in [0, 0.1) is 0 Å². The van der Waals surface area contributed by atoms with Crippen molar-refractivity contribution in [3.8, 4) is 22.6 Å². The highest BCUT2D eigenvalue weighted by atomic mass is 16.5. The number of aromatic nitrogens is 1. The van der Waals surface area contributed by atoms with Crippen molar-refractivity contribution in [3.63, 3.8) is 0 Å². The molecule has 0 radical (unpaired) electrons. The Morgan fingerprint density at radius 1 is 0.974 bits per heavy atom. The van der Waals surface area contributed by atoms with Crippen molar-refractivity contribution in [1.82, 2.24) is 19.7 Å². The number of methoxy groups -OCH3 is 2. The van der Waals surface area contributed by atoms with E-state index in [0.29, 0.717) is 17.9 Å². The van der Waals surface area contributed by atoms with Gasteiger partial charge in [0, 0.05) is 68.7 Å². The van der Waals surface area contributed by atoms with Crippen molar-refractivity contribution in [1.29, 1.82) is 0 Å². The maximum atomic E-state index is 13.6. The minimum atomic E-state index is 0.0253. The third-order valence-corrected chi connectivity index (χ3v) is 7.42. The lowest BCUT2D eigenvalue weighted by molar-refractivity contribution is 0.0626. The fourth-order valence-electron chi connectivity index (χ4n) is 5.18. The number of aromatic amines is 1. The van der Waals surface area contributed by atoms with Gasteiger partial charge in [0.1, 0.15) is 17.3 Å². The van der Waals surface area contributed by atoms with E-state index in [9.17, 15) is 4.79 Å². The smallest absolute Gasteiger partial charge is 0.257 e. The number of ether oxygens (including phenoxy) is 2. The summed E-state index contributed by atoms with van der Waals surface area (Å²) in [6, 6.07) is 13.9. The highest BCUT2D eigenvalue weighted by Gasteiger charge is 2.26. The first kappa shape index (κ1) is 25.9. The molecule has 1 aromatic heterocycles. The summed E-state index contributed by atoms with van der Waals surface area (Å²) in [6.07, 6.45) is 4.21. The van der Waals surface area contributed by atoms with Gasteiger partial charge >= 0.3 is 0 Å². The molecule has 0 unspecified atom stereocenters. The predicted molar refractivity (Wildman–Crippen MR) is 153 cm³/mol. The molecule has 8 nitrogen and oxygen atoms in total. The van der Waals surface area contributed by atoms with E-state index in [4.69, 9.17) is 9.47 Å². The van der Waals surface area contributed by atoms with Crippen molar-refractivity contribution >= 4 is 23.4 Å². The van der Waals surface area contributed by atoms with Crippen LogP contribution in [0.2, 0.25) is 0 Å². The molecule has 8 heteroatoms. The molecule has 0 saturated carbocycles. The number of likely N-dealkylation sites (N-methyl/N-ethyl adjacent to an activating group) is 1. The lowest BCUT2D eigenvalue weighted by Gasteiger charge is -2.35. The standard InChI is InChI=1S/C30H37N5O3/c1-33(2)11-12-34-13-15-35(16-14-34)30(36)25-17-21(9-10-28(25)38-4)22-18-24-26(20-32-29(24)31-19-22)23-7-5-6-8-27(23)37-3/h5-10,17-18,20,31-32H,11-16,19H2,1-4H3. The number of anilines is 1. The largest absolute Gasteiger partial charge is 0.496 e. The molecule has 0 aliphatic carbocycles. The molecular formula is C30H37N5O3. The first-order valence-corrected chi connectivity index (χ1v) is 13.1. The highest BCUT2D eigenvalue weighted by molar-refractivity contribution is 6.00. The molecule has 2 aromatic carbocycles. The number of para-hydroxylation sites is 1. The Hall–Kier alpha value is -3.75. The van der Waals surface area contributed by atoms with Gasteiger partial charge in [-0.3, -0.25) is 9.69 Å². The van der Waals surface area contributed by atoms with Gasteiger partial charge in [-0.15, -0.1) is 0 Å². The minimum Gasteiger partial charge on any atom is -0.496 e. The number of hydrogen-bond donors (Lipinski definition) is 2. The van der Waals surface area contributed by atoms with Crippen LogP contribution < -0.4 is 14.8 Å². The van der Waals surface area contributed by atoms with Crippen molar-refractivity contribution < 1.29 is 14.3 Å². The van der Waals surface area contributed by atoms with E-state index < -0.39 is 0 Å². The minimum absolute atomic E-state index is 0.0253. The number of rotatable bonds is 8. The van der Waals surface area contributed by atoms with E-state index in [1.165, 1.54) is 0 Å². The summed E-state index contributed by atoms with van der Waals surface area (Å²) in [5.74, 6) is 2.44. The molecule has 1 saturated heterocycles. The number of carbonyl (C=O) groups is 1. The van der Waals surface area contributed by atoms with Crippen LogP contribution in [-0.2, 0) is 0 Å². The van der Waals surface area contributed by atoms with Crippen LogP contribution in [0.5, 0.6) is 11.5 Å². The lowest BCUT2D eigenvalue weighted by atomic mass is 9.95. The topological polar surface area (TPSA) is 73.1 Å². The van der Waals surface area contributed by atoms with Gasteiger partial charge in [-0.05, 0) is 49.5 Å². The maximum Gasteiger partial charge on any atom is 0.257 e. The Labute approximate surface area is 224 Å². The van der Waals surface area contributed by atoms with Gasteiger partial charge in [-0.25, -0.2) is 0 Å². The number of hydrogen-bond acceptors (Lipinski definition) is 6. The summed E-state index contributed by atoms with van der Waals surface area (Å²) in [7, 11) is 7.49. The normalized spacial score (nSPS) is 15.6. The molecule has 38 heavy (non-hydrogen) atoms. The van der Waals surface area contributed by atoms with Crippen LogP contribution in [-0.4, -0.2) is 99.7 Å². The number of nitrogens with one attached hydrogen (secondary N) is 2. The summed E-state index contributed by atoms with van der Waals surface area (Å²) < 4.78 is 11.2. The van der Waals surface area contributed by atoms with E-state index in [1.54, 1.807) is 14.2 Å². The van der Waals surface area contributed by atoms with E-state index in [2.05, 4.69) is 46.3 Å². The number of fused-ring (bicyclic) bond motifs is 1. The molecule has 1 fully saturated rings. The van der Waals surface area contributed by atoms with Gasteiger partial charge < -0.3 is 29.6 Å². The summed E-state index contributed by atoms with van der Waals surface area (Å²) in [5.41, 5.74) is 5.90. The number of piperazine rings is 1. The van der Waals surface area contributed by atoms with Crippen molar-refractivity contribution in [2.75, 3.05) is 79.4 Å². The lowest BCUT2D eigenvalue weighted by Crippen LogP contribution is -2.50. The van der Waals surface area contributed by atoms with Crippen LogP contribution in [0.15, 0.2) is 48.7 Å². The van der Waals surface area contributed by atoms with Crippen LogP contribution >= 0.6 is 0 Å². The summed E-state index contributed by atoms with van der Waals surface area (Å²) in [4.78, 5) is 23.5. The molecule has 5 rings (SSSR count).